The summed E-state index contributed by atoms with van der Waals surface area (Å²) in [6, 6.07) is 7.19. The summed E-state index contributed by atoms with van der Waals surface area (Å²) < 4.78 is 0. The van der Waals surface area contributed by atoms with Crippen LogP contribution in [-0.2, 0) is 4.79 Å². The smallest absolute Gasteiger partial charge is 0.272 e. The van der Waals surface area contributed by atoms with E-state index in [9.17, 15) is 9.59 Å². The van der Waals surface area contributed by atoms with Crippen LogP contribution in [0.15, 0.2) is 42.9 Å². The van der Waals surface area contributed by atoms with Crippen molar-refractivity contribution < 1.29 is 9.59 Å². The lowest BCUT2D eigenvalue weighted by molar-refractivity contribution is -0.132. The Morgan fingerprint density at radius 1 is 1.06 bits per heavy atom. The van der Waals surface area contributed by atoms with Gasteiger partial charge in [0.1, 0.15) is 5.69 Å². The van der Waals surface area contributed by atoms with E-state index in [2.05, 4.69) is 25.2 Å². The molecule has 31 heavy (non-hydrogen) atoms. The molecule has 3 aliphatic rings. The fraction of sp³-hybridized carbons (Fsp3) is 0.522. The lowest BCUT2D eigenvalue weighted by Gasteiger charge is -2.32. The molecular formula is C23H28N6O2. The molecule has 2 atom stereocenters. The van der Waals surface area contributed by atoms with E-state index in [1.165, 1.54) is 12.8 Å². The van der Waals surface area contributed by atoms with E-state index >= 15 is 0 Å². The van der Waals surface area contributed by atoms with Crippen molar-refractivity contribution in [1.29, 1.82) is 0 Å². The molecule has 1 N–H and O–H groups in total. The maximum atomic E-state index is 13.5. The molecule has 0 bridgehead atoms. The summed E-state index contributed by atoms with van der Waals surface area (Å²) in [4.78, 5) is 43.7. The van der Waals surface area contributed by atoms with Crippen LogP contribution >= 0.6 is 0 Å². The average molecular weight is 421 g/mol. The second kappa shape index (κ2) is 8.24. The van der Waals surface area contributed by atoms with Crippen molar-refractivity contribution in [1.82, 2.24) is 25.2 Å². The number of nitrogens with one attached hydrogen (secondary N) is 1. The predicted molar refractivity (Wildman–Crippen MR) is 115 cm³/mol. The first kappa shape index (κ1) is 19.9. The van der Waals surface area contributed by atoms with Crippen LogP contribution in [0.5, 0.6) is 0 Å². The summed E-state index contributed by atoms with van der Waals surface area (Å²) >= 11 is 0. The Morgan fingerprint density at radius 2 is 1.87 bits per heavy atom. The fourth-order valence-electron chi connectivity index (χ4n) is 4.98. The van der Waals surface area contributed by atoms with E-state index < -0.39 is 5.41 Å². The van der Waals surface area contributed by atoms with Gasteiger partial charge in [-0.15, -0.1) is 0 Å². The number of likely N-dealkylation sites (tertiary alicyclic amines) is 1. The molecule has 0 radical (unpaired) electrons. The maximum absolute atomic E-state index is 13.5. The molecule has 1 aliphatic carbocycles. The molecular weight excluding hydrogens is 392 g/mol. The first-order valence-electron chi connectivity index (χ1n) is 11.2. The van der Waals surface area contributed by atoms with Crippen LogP contribution in [0.25, 0.3) is 0 Å². The molecule has 2 aromatic heterocycles. The maximum Gasteiger partial charge on any atom is 0.272 e. The van der Waals surface area contributed by atoms with E-state index in [1.807, 2.05) is 17.0 Å². The lowest BCUT2D eigenvalue weighted by Crippen LogP contribution is -2.48. The number of fused-ring (bicyclic) bond motifs is 1. The van der Waals surface area contributed by atoms with E-state index in [1.54, 1.807) is 30.7 Å². The monoisotopic (exact) mass is 420 g/mol. The van der Waals surface area contributed by atoms with Gasteiger partial charge in [0.2, 0.25) is 11.9 Å². The highest BCUT2D eigenvalue weighted by molar-refractivity contribution is 5.92. The molecule has 5 rings (SSSR count). The highest BCUT2D eigenvalue weighted by Gasteiger charge is 2.54. The van der Waals surface area contributed by atoms with E-state index in [-0.39, 0.29) is 17.7 Å². The van der Waals surface area contributed by atoms with Crippen molar-refractivity contribution in [2.75, 3.05) is 37.6 Å². The summed E-state index contributed by atoms with van der Waals surface area (Å²) in [5.74, 6) is 1.35. The van der Waals surface area contributed by atoms with Crippen LogP contribution in [0.4, 0.5) is 5.95 Å². The van der Waals surface area contributed by atoms with Crippen LogP contribution in [0.1, 0.15) is 36.2 Å². The minimum absolute atomic E-state index is 0.0191. The normalized spacial score (nSPS) is 25.6. The third kappa shape index (κ3) is 3.98. The van der Waals surface area contributed by atoms with Crippen molar-refractivity contribution in [3.8, 4) is 0 Å². The number of carbonyl (C=O) groups is 2. The number of carbonyl (C=O) groups excluding carboxylic acids is 2. The fourth-order valence-corrected chi connectivity index (χ4v) is 4.98. The van der Waals surface area contributed by atoms with Crippen molar-refractivity contribution in [2.45, 2.75) is 25.7 Å². The number of rotatable bonds is 5. The molecule has 162 valence electrons. The second-order valence-electron chi connectivity index (χ2n) is 9.01. The Bertz CT molecular complexity index is 936. The van der Waals surface area contributed by atoms with E-state index in [0.29, 0.717) is 43.7 Å². The zero-order chi connectivity index (χ0) is 21.3. The topological polar surface area (TPSA) is 91.3 Å². The molecule has 8 nitrogen and oxygen atoms in total. The zero-order valence-corrected chi connectivity index (χ0v) is 17.6. The largest absolute Gasteiger partial charge is 0.355 e. The average Bonchev–Trinajstić information content (AvgIpc) is 3.61. The number of amides is 2. The van der Waals surface area contributed by atoms with Crippen molar-refractivity contribution in [3.63, 3.8) is 0 Å². The lowest BCUT2D eigenvalue weighted by atomic mass is 9.74. The van der Waals surface area contributed by atoms with Gasteiger partial charge in [-0.1, -0.05) is 6.07 Å². The Kier molecular flexibility index (Phi) is 5.29. The van der Waals surface area contributed by atoms with Gasteiger partial charge in [-0.2, -0.15) is 0 Å². The van der Waals surface area contributed by atoms with Gasteiger partial charge in [0.25, 0.3) is 5.91 Å². The Hall–Kier alpha value is -3.03. The number of pyridine rings is 1. The van der Waals surface area contributed by atoms with Gasteiger partial charge < -0.3 is 15.1 Å². The zero-order valence-electron chi connectivity index (χ0n) is 17.6. The number of anilines is 1. The molecule has 2 aliphatic heterocycles. The minimum Gasteiger partial charge on any atom is -0.355 e. The van der Waals surface area contributed by atoms with Gasteiger partial charge in [0.15, 0.2) is 0 Å². The molecule has 4 heterocycles. The molecule has 8 heteroatoms. The quantitative estimate of drug-likeness (QED) is 0.793. The molecule has 0 spiro atoms. The number of hydrogen-bond acceptors (Lipinski definition) is 6. The first-order valence-corrected chi connectivity index (χ1v) is 11.2. The third-order valence-electron chi connectivity index (χ3n) is 6.89. The van der Waals surface area contributed by atoms with Crippen LogP contribution in [0.2, 0.25) is 0 Å². The first-order chi connectivity index (χ1) is 15.2. The van der Waals surface area contributed by atoms with Gasteiger partial charge in [-0.25, -0.2) is 9.97 Å². The summed E-state index contributed by atoms with van der Waals surface area (Å²) in [5.41, 5.74) is -0.0813. The van der Waals surface area contributed by atoms with Crippen LogP contribution in [-0.4, -0.2) is 64.4 Å². The molecule has 2 amide bonds. The number of nitrogens with zero attached hydrogens (tertiary/aromatic N) is 5. The Balaban J connectivity index is 1.40. The molecule has 0 aromatic carbocycles. The third-order valence-corrected chi connectivity index (χ3v) is 6.89. The summed E-state index contributed by atoms with van der Waals surface area (Å²) in [7, 11) is 0. The highest BCUT2D eigenvalue weighted by atomic mass is 16.2. The minimum atomic E-state index is -0.534. The molecule has 0 unspecified atom stereocenters. The van der Waals surface area contributed by atoms with Crippen LogP contribution in [0, 0.1) is 17.3 Å². The van der Waals surface area contributed by atoms with Gasteiger partial charge in [-0.3, -0.25) is 14.6 Å². The number of hydrogen-bond donors (Lipinski definition) is 1. The standard InChI is InChI=1S/C23H28N6O2/c30-20(19-5-1-2-9-24-19)28-12-3-8-23(21(31)27-13-17-6-7-17)16-29(15-18(23)14-28)22-25-10-4-11-26-22/h1-2,4-5,9-11,17-18H,3,6-8,12-16H2,(H,27,31)/t18-,23-/m0/s1. The predicted octanol–water partition coefficient (Wildman–Crippen LogP) is 1.76. The van der Waals surface area contributed by atoms with E-state index in [4.69, 9.17) is 0 Å². The molecule has 3 fully saturated rings. The second-order valence-corrected chi connectivity index (χ2v) is 9.01. The SMILES string of the molecule is O=C(c1ccccn1)N1CCC[C@]2(C(=O)NCC3CC3)CN(c3ncccn3)C[C@@H]2C1. The van der Waals surface area contributed by atoms with Crippen molar-refractivity contribution in [2.24, 2.45) is 17.3 Å². The molecule has 1 saturated carbocycles. The Morgan fingerprint density at radius 3 is 2.61 bits per heavy atom. The van der Waals surface area contributed by atoms with Crippen LogP contribution in [0.3, 0.4) is 0 Å². The van der Waals surface area contributed by atoms with E-state index in [0.717, 1.165) is 19.4 Å². The summed E-state index contributed by atoms with van der Waals surface area (Å²) in [6.07, 6.45) is 9.05. The molecule has 2 saturated heterocycles. The van der Waals surface area contributed by atoms with Gasteiger partial charge in [0.05, 0.1) is 5.41 Å². The molecule has 2 aromatic rings. The summed E-state index contributed by atoms with van der Waals surface area (Å²) in [5, 5.41) is 3.23. The van der Waals surface area contributed by atoms with Crippen molar-refractivity contribution in [3.05, 3.63) is 48.5 Å². The number of aromatic nitrogens is 3. The van der Waals surface area contributed by atoms with Gasteiger partial charge >= 0.3 is 0 Å². The van der Waals surface area contributed by atoms with Crippen LogP contribution < -0.4 is 10.2 Å². The van der Waals surface area contributed by atoms with Gasteiger partial charge in [-0.05, 0) is 49.8 Å². The summed E-state index contributed by atoms with van der Waals surface area (Å²) in [6.45, 7) is 3.18. The van der Waals surface area contributed by atoms with Gasteiger partial charge in [0, 0.05) is 57.2 Å². The highest BCUT2D eigenvalue weighted by Crippen LogP contribution is 2.44. The Labute approximate surface area is 182 Å². The van der Waals surface area contributed by atoms with Crippen molar-refractivity contribution >= 4 is 17.8 Å².